The topological polar surface area (TPSA) is 50.7 Å². The van der Waals surface area contributed by atoms with E-state index >= 15 is 0 Å². The highest BCUT2D eigenvalue weighted by Gasteiger charge is 2.33. The highest BCUT2D eigenvalue weighted by molar-refractivity contribution is 5.31. The third-order valence-corrected chi connectivity index (χ3v) is 4.76. The quantitative estimate of drug-likeness (QED) is 0.744. The molecule has 1 aliphatic rings. The number of benzene rings is 2. The molecule has 0 aliphatic heterocycles. The fourth-order valence-corrected chi connectivity index (χ4v) is 3.30. The first-order valence-corrected chi connectivity index (χ1v) is 9.15. The van der Waals surface area contributed by atoms with Crippen LogP contribution in [0.1, 0.15) is 24.8 Å². The van der Waals surface area contributed by atoms with Crippen LogP contribution in [0.4, 0.5) is 4.39 Å². The molecule has 3 rings (SSSR count). The maximum absolute atomic E-state index is 13.0. The van der Waals surface area contributed by atoms with Crippen LogP contribution in [0.15, 0.2) is 48.5 Å². The van der Waals surface area contributed by atoms with Crippen LogP contribution in [0.25, 0.3) is 0 Å². The number of hydrogen-bond acceptors (Lipinski definition) is 4. The van der Waals surface area contributed by atoms with E-state index in [-0.39, 0.29) is 18.0 Å². The minimum atomic E-state index is -0.604. The summed E-state index contributed by atoms with van der Waals surface area (Å²) < 4.78 is 24.6. The van der Waals surface area contributed by atoms with Gasteiger partial charge in [0.2, 0.25) is 0 Å². The summed E-state index contributed by atoms with van der Waals surface area (Å²) in [7, 11) is 0. The van der Waals surface area contributed by atoms with Gasteiger partial charge in [-0.2, -0.15) is 0 Å². The Labute approximate surface area is 154 Å². The van der Waals surface area contributed by atoms with Gasteiger partial charge >= 0.3 is 0 Å². The standard InChI is InChI=1S/C21H26FNO3/c1-15-5-2-3-7-19(15)25-14-13-23-18-6-4-8-20(21(18)24)26-17-11-9-16(22)10-12-17/h2-3,5,7,9-12,18,20-21,23-24H,4,6,8,13-14H2,1H3/t18-,20+,21+/m0/s1. The van der Waals surface area contributed by atoms with Gasteiger partial charge in [-0.3, -0.25) is 0 Å². The van der Waals surface area contributed by atoms with E-state index in [4.69, 9.17) is 9.47 Å². The Morgan fingerprint density at radius 2 is 1.88 bits per heavy atom. The molecular formula is C21H26FNO3. The van der Waals surface area contributed by atoms with E-state index < -0.39 is 6.10 Å². The summed E-state index contributed by atoms with van der Waals surface area (Å²) in [5, 5.41) is 14.0. The third kappa shape index (κ3) is 4.96. The van der Waals surface area contributed by atoms with E-state index in [9.17, 15) is 9.50 Å². The lowest BCUT2D eigenvalue weighted by Crippen LogP contribution is -2.51. The molecule has 3 atom stereocenters. The molecule has 2 aromatic carbocycles. The first-order valence-electron chi connectivity index (χ1n) is 9.15. The second kappa shape index (κ2) is 9.01. The Balaban J connectivity index is 1.46. The summed E-state index contributed by atoms with van der Waals surface area (Å²) in [6, 6.07) is 13.8. The zero-order valence-corrected chi connectivity index (χ0v) is 15.0. The van der Waals surface area contributed by atoms with Gasteiger partial charge in [0.1, 0.15) is 36.1 Å². The summed E-state index contributed by atoms with van der Waals surface area (Å²) >= 11 is 0. The van der Waals surface area contributed by atoms with Crippen LogP contribution in [0, 0.1) is 12.7 Å². The average molecular weight is 359 g/mol. The Morgan fingerprint density at radius 3 is 2.65 bits per heavy atom. The van der Waals surface area contributed by atoms with Gasteiger partial charge < -0.3 is 19.9 Å². The number of aliphatic hydroxyl groups excluding tert-OH is 1. The van der Waals surface area contributed by atoms with E-state index in [1.165, 1.54) is 12.1 Å². The molecular weight excluding hydrogens is 333 g/mol. The fraction of sp³-hybridized carbons (Fsp3) is 0.429. The Morgan fingerprint density at radius 1 is 1.12 bits per heavy atom. The second-order valence-electron chi connectivity index (χ2n) is 6.71. The minimum absolute atomic E-state index is 0.0327. The maximum Gasteiger partial charge on any atom is 0.126 e. The molecule has 140 valence electrons. The average Bonchev–Trinajstić information content (AvgIpc) is 2.65. The van der Waals surface area contributed by atoms with Crippen molar-refractivity contribution >= 4 is 0 Å². The summed E-state index contributed by atoms with van der Waals surface area (Å²) in [6.07, 6.45) is 1.76. The molecule has 0 heterocycles. The van der Waals surface area contributed by atoms with E-state index in [1.807, 2.05) is 31.2 Å². The van der Waals surface area contributed by atoms with Gasteiger partial charge in [0.15, 0.2) is 0 Å². The van der Waals surface area contributed by atoms with Crippen molar-refractivity contribution in [2.24, 2.45) is 0 Å². The molecule has 0 aromatic heterocycles. The van der Waals surface area contributed by atoms with Crippen molar-refractivity contribution < 1.29 is 19.0 Å². The van der Waals surface area contributed by atoms with Gasteiger partial charge in [-0.15, -0.1) is 0 Å². The van der Waals surface area contributed by atoms with E-state index in [1.54, 1.807) is 12.1 Å². The second-order valence-corrected chi connectivity index (χ2v) is 6.71. The van der Waals surface area contributed by atoms with Crippen LogP contribution in [0.5, 0.6) is 11.5 Å². The zero-order chi connectivity index (χ0) is 18.4. The molecule has 0 radical (unpaired) electrons. The van der Waals surface area contributed by atoms with Gasteiger partial charge in [-0.05, 0) is 62.1 Å². The van der Waals surface area contributed by atoms with Gasteiger partial charge in [0, 0.05) is 12.6 Å². The number of para-hydroxylation sites is 1. The largest absolute Gasteiger partial charge is 0.492 e. The number of ether oxygens (including phenoxy) is 2. The molecule has 0 unspecified atom stereocenters. The predicted molar refractivity (Wildman–Crippen MR) is 99.1 cm³/mol. The number of aryl methyl sites for hydroxylation is 1. The third-order valence-electron chi connectivity index (χ3n) is 4.76. The molecule has 1 fully saturated rings. The first-order chi connectivity index (χ1) is 12.6. The molecule has 5 heteroatoms. The molecule has 26 heavy (non-hydrogen) atoms. The lowest BCUT2D eigenvalue weighted by molar-refractivity contribution is -0.0158. The van der Waals surface area contributed by atoms with Gasteiger partial charge in [-0.1, -0.05) is 18.2 Å². The van der Waals surface area contributed by atoms with Gasteiger partial charge in [-0.25, -0.2) is 4.39 Å². The number of aliphatic hydroxyl groups is 1. The van der Waals surface area contributed by atoms with E-state index in [0.717, 1.165) is 30.6 Å². The van der Waals surface area contributed by atoms with Crippen molar-refractivity contribution in [3.05, 3.63) is 59.9 Å². The Hall–Kier alpha value is -2.11. The monoisotopic (exact) mass is 359 g/mol. The molecule has 0 bridgehead atoms. The molecule has 4 nitrogen and oxygen atoms in total. The number of rotatable bonds is 7. The summed E-state index contributed by atoms with van der Waals surface area (Å²) in [4.78, 5) is 0. The number of nitrogens with one attached hydrogen (secondary N) is 1. The molecule has 0 spiro atoms. The number of hydrogen-bond donors (Lipinski definition) is 2. The van der Waals surface area contributed by atoms with Crippen LogP contribution in [0.2, 0.25) is 0 Å². The molecule has 1 saturated carbocycles. The van der Waals surface area contributed by atoms with Crippen molar-refractivity contribution in [2.75, 3.05) is 13.2 Å². The van der Waals surface area contributed by atoms with E-state index in [2.05, 4.69) is 5.32 Å². The van der Waals surface area contributed by atoms with Crippen LogP contribution in [0.3, 0.4) is 0 Å². The Kier molecular flexibility index (Phi) is 6.47. The molecule has 2 N–H and O–H groups in total. The van der Waals surface area contributed by atoms with Crippen LogP contribution < -0.4 is 14.8 Å². The Bertz CT molecular complexity index is 692. The predicted octanol–water partition coefficient (Wildman–Crippen LogP) is 3.46. The van der Waals surface area contributed by atoms with Crippen LogP contribution in [-0.2, 0) is 0 Å². The van der Waals surface area contributed by atoms with Crippen LogP contribution >= 0.6 is 0 Å². The first kappa shape index (κ1) is 18.7. The minimum Gasteiger partial charge on any atom is -0.492 e. The van der Waals surface area contributed by atoms with Crippen molar-refractivity contribution in [2.45, 2.75) is 44.4 Å². The van der Waals surface area contributed by atoms with Gasteiger partial charge in [0.25, 0.3) is 0 Å². The van der Waals surface area contributed by atoms with Crippen molar-refractivity contribution in [1.29, 1.82) is 0 Å². The SMILES string of the molecule is Cc1ccccc1OCCN[C@H]1CCC[C@@H](Oc2ccc(F)cc2)[C@@H]1O. The molecule has 1 aliphatic carbocycles. The van der Waals surface area contributed by atoms with E-state index in [0.29, 0.717) is 18.9 Å². The molecule has 2 aromatic rings. The lowest BCUT2D eigenvalue weighted by Gasteiger charge is -2.35. The zero-order valence-electron chi connectivity index (χ0n) is 15.0. The molecule has 0 saturated heterocycles. The summed E-state index contributed by atoms with van der Waals surface area (Å²) in [5.41, 5.74) is 1.11. The highest BCUT2D eigenvalue weighted by atomic mass is 19.1. The van der Waals surface area contributed by atoms with Crippen molar-refractivity contribution in [3.63, 3.8) is 0 Å². The molecule has 0 amide bonds. The van der Waals surface area contributed by atoms with Crippen LogP contribution in [-0.4, -0.2) is 36.5 Å². The smallest absolute Gasteiger partial charge is 0.126 e. The fourth-order valence-electron chi connectivity index (χ4n) is 3.30. The van der Waals surface area contributed by atoms with Gasteiger partial charge in [0.05, 0.1) is 0 Å². The normalized spacial score (nSPS) is 22.8. The van der Waals surface area contributed by atoms with Crippen molar-refractivity contribution in [1.82, 2.24) is 5.32 Å². The maximum atomic E-state index is 13.0. The van der Waals surface area contributed by atoms with Crippen molar-refractivity contribution in [3.8, 4) is 11.5 Å². The number of halogens is 1. The summed E-state index contributed by atoms with van der Waals surface area (Å²) in [6.45, 7) is 3.21. The highest BCUT2D eigenvalue weighted by Crippen LogP contribution is 2.24. The summed E-state index contributed by atoms with van der Waals surface area (Å²) in [5.74, 6) is 1.17. The lowest BCUT2D eigenvalue weighted by atomic mass is 9.90.